The summed E-state index contributed by atoms with van der Waals surface area (Å²) in [5.41, 5.74) is 6.83. The molecule has 0 aliphatic heterocycles. The maximum absolute atomic E-state index is 9.32. The molecule has 1 aliphatic rings. The van der Waals surface area contributed by atoms with Crippen LogP contribution in [0.5, 0.6) is 0 Å². The van der Waals surface area contributed by atoms with E-state index in [1.807, 2.05) is 22.9 Å². The molecule has 3 N–H and O–H groups in total. The average molecular weight is 369 g/mol. The predicted octanol–water partition coefficient (Wildman–Crippen LogP) is 3.15. The van der Waals surface area contributed by atoms with Crippen LogP contribution < -0.4 is 5.73 Å². The molecule has 1 aliphatic carbocycles. The van der Waals surface area contributed by atoms with Crippen molar-refractivity contribution in [2.75, 3.05) is 6.61 Å². The van der Waals surface area contributed by atoms with E-state index in [2.05, 4.69) is 5.10 Å². The Hall–Kier alpha value is -1.14. The molecular formula is C17H22Cl2N4O. The van der Waals surface area contributed by atoms with Gasteiger partial charge in [0.1, 0.15) is 5.82 Å². The molecule has 0 bridgehead atoms. The third-order valence-corrected chi connectivity index (χ3v) is 5.30. The molecular weight excluding hydrogens is 347 g/mol. The average Bonchev–Trinajstić information content (AvgIpc) is 2.95. The van der Waals surface area contributed by atoms with Gasteiger partial charge in [0.05, 0.1) is 13.2 Å². The van der Waals surface area contributed by atoms with E-state index in [1.165, 1.54) is 0 Å². The summed E-state index contributed by atoms with van der Waals surface area (Å²) in [6.07, 6.45) is 4.51. The highest BCUT2D eigenvalue weighted by atomic mass is 35.5. The number of aliphatic hydroxyl groups excluding tert-OH is 1. The van der Waals surface area contributed by atoms with Crippen LogP contribution in [0.1, 0.15) is 48.8 Å². The van der Waals surface area contributed by atoms with Gasteiger partial charge in [-0.1, -0.05) is 29.3 Å². The number of rotatable bonds is 5. The maximum Gasteiger partial charge on any atom is 0.155 e. The fourth-order valence-corrected chi connectivity index (χ4v) is 3.81. The summed E-state index contributed by atoms with van der Waals surface area (Å²) in [5, 5.41) is 15.1. The second-order valence-corrected chi connectivity index (χ2v) is 7.14. The van der Waals surface area contributed by atoms with Crippen molar-refractivity contribution < 1.29 is 5.11 Å². The quantitative estimate of drug-likeness (QED) is 0.849. The minimum absolute atomic E-state index is 0.0366. The first-order valence-electron chi connectivity index (χ1n) is 8.31. The molecule has 130 valence electrons. The van der Waals surface area contributed by atoms with Crippen LogP contribution in [-0.2, 0) is 13.0 Å². The van der Waals surface area contributed by atoms with Crippen LogP contribution in [0.3, 0.4) is 0 Å². The van der Waals surface area contributed by atoms with Crippen molar-refractivity contribution >= 4 is 23.2 Å². The summed E-state index contributed by atoms with van der Waals surface area (Å²) in [7, 11) is 0. The smallest absolute Gasteiger partial charge is 0.155 e. The molecule has 0 unspecified atom stereocenters. The van der Waals surface area contributed by atoms with Gasteiger partial charge in [0.25, 0.3) is 0 Å². The molecule has 3 rings (SSSR count). The van der Waals surface area contributed by atoms with Crippen molar-refractivity contribution in [3.05, 3.63) is 45.5 Å². The minimum Gasteiger partial charge on any atom is -0.394 e. The molecule has 0 amide bonds. The van der Waals surface area contributed by atoms with Crippen molar-refractivity contribution in [3.8, 4) is 0 Å². The summed E-state index contributed by atoms with van der Waals surface area (Å²) in [4.78, 5) is 4.74. The summed E-state index contributed by atoms with van der Waals surface area (Å²) >= 11 is 12.5. The molecule has 7 heteroatoms. The van der Waals surface area contributed by atoms with Gasteiger partial charge >= 0.3 is 0 Å². The van der Waals surface area contributed by atoms with Crippen LogP contribution in [0.15, 0.2) is 18.2 Å². The van der Waals surface area contributed by atoms with E-state index in [-0.39, 0.29) is 12.6 Å². The van der Waals surface area contributed by atoms with E-state index < -0.39 is 0 Å². The van der Waals surface area contributed by atoms with Crippen molar-refractivity contribution in [2.24, 2.45) is 5.73 Å². The number of hydrogen-bond donors (Lipinski definition) is 2. The highest BCUT2D eigenvalue weighted by Crippen LogP contribution is 2.32. The zero-order valence-electron chi connectivity index (χ0n) is 13.5. The second kappa shape index (κ2) is 7.83. The van der Waals surface area contributed by atoms with E-state index in [0.717, 1.165) is 37.1 Å². The van der Waals surface area contributed by atoms with E-state index in [9.17, 15) is 5.11 Å². The second-order valence-electron chi connectivity index (χ2n) is 6.32. The molecule has 1 saturated carbocycles. The highest BCUT2D eigenvalue weighted by molar-refractivity contribution is 6.36. The Bertz CT molecular complexity index is 676. The van der Waals surface area contributed by atoms with Gasteiger partial charge < -0.3 is 10.8 Å². The number of benzene rings is 1. The molecule has 1 aromatic heterocycles. The Kier molecular flexibility index (Phi) is 5.76. The molecule has 24 heavy (non-hydrogen) atoms. The van der Waals surface area contributed by atoms with Crippen LogP contribution >= 0.6 is 23.2 Å². The number of halogens is 2. The van der Waals surface area contributed by atoms with Gasteiger partial charge in [0, 0.05) is 28.4 Å². The summed E-state index contributed by atoms with van der Waals surface area (Å²) < 4.78 is 1.82. The molecule has 1 aromatic carbocycles. The van der Waals surface area contributed by atoms with Crippen LogP contribution in [0, 0.1) is 0 Å². The van der Waals surface area contributed by atoms with Crippen molar-refractivity contribution in [1.29, 1.82) is 0 Å². The summed E-state index contributed by atoms with van der Waals surface area (Å²) in [6.45, 7) is 0.482. The zero-order chi connectivity index (χ0) is 17.1. The molecule has 1 heterocycles. The Balaban J connectivity index is 1.85. The molecule has 0 spiro atoms. The van der Waals surface area contributed by atoms with Gasteiger partial charge in [0.15, 0.2) is 5.82 Å². The number of nitrogens with two attached hydrogens (primary N) is 1. The van der Waals surface area contributed by atoms with Crippen LogP contribution in [0.25, 0.3) is 0 Å². The number of hydrogen-bond acceptors (Lipinski definition) is 4. The van der Waals surface area contributed by atoms with Gasteiger partial charge in [-0.2, -0.15) is 5.10 Å². The van der Waals surface area contributed by atoms with Crippen molar-refractivity contribution in [2.45, 2.75) is 50.6 Å². The molecule has 1 fully saturated rings. The largest absolute Gasteiger partial charge is 0.394 e. The first-order chi connectivity index (χ1) is 11.6. The Morgan fingerprint density at radius 3 is 2.46 bits per heavy atom. The number of aliphatic hydroxyl groups is 1. The van der Waals surface area contributed by atoms with E-state index in [1.54, 1.807) is 0 Å². The van der Waals surface area contributed by atoms with Gasteiger partial charge in [-0.3, -0.25) is 0 Å². The Morgan fingerprint density at radius 1 is 1.17 bits per heavy atom. The van der Waals surface area contributed by atoms with E-state index in [4.69, 9.17) is 33.9 Å². The van der Waals surface area contributed by atoms with Crippen molar-refractivity contribution in [1.82, 2.24) is 14.8 Å². The van der Waals surface area contributed by atoms with E-state index in [0.29, 0.717) is 34.8 Å². The van der Waals surface area contributed by atoms with Crippen LogP contribution in [-0.4, -0.2) is 32.5 Å². The Morgan fingerprint density at radius 2 is 1.83 bits per heavy atom. The normalized spacial score (nSPS) is 21.2. The highest BCUT2D eigenvalue weighted by Gasteiger charge is 2.25. The molecule has 2 aromatic rings. The van der Waals surface area contributed by atoms with Crippen molar-refractivity contribution in [3.63, 3.8) is 0 Å². The molecule has 0 radical (unpaired) electrons. The lowest BCUT2D eigenvalue weighted by atomic mass is 9.86. The molecule has 0 saturated heterocycles. The Labute approximate surface area is 151 Å². The summed E-state index contributed by atoms with van der Waals surface area (Å²) in [6, 6.07) is 5.74. The van der Waals surface area contributed by atoms with Gasteiger partial charge in [0.2, 0.25) is 0 Å². The zero-order valence-corrected chi connectivity index (χ0v) is 15.0. The summed E-state index contributed by atoms with van der Waals surface area (Å²) in [5.74, 6) is 1.97. The molecule has 5 nitrogen and oxygen atoms in total. The lowest BCUT2D eigenvalue weighted by molar-refractivity contribution is 0.262. The topological polar surface area (TPSA) is 77.0 Å². The minimum atomic E-state index is 0.0366. The number of aromatic nitrogens is 3. The fourth-order valence-electron chi connectivity index (χ4n) is 3.28. The van der Waals surface area contributed by atoms with Crippen LogP contribution in [0.2, 0.25) is 10.0 Å². The van der Waals surface area contributed by atoms with Gasteiger partial charge in [-0.25, -0.2) is 9.67 Å². The van der Waals surface area contributed by atoms with Crippen LogP contribution in [0.4, 0.5) is 0 Å². The third-order valence-electron chi connectivity index (χ3n) is 4.59. The SMILES string of the molecule is NC1CCC(c2nc(Cc3c(Cl)cccc3Cl)nn2CCO)CC1. The third kappa shape index (κ3) is 3.91. The lowest BCUT2D eigenvalue weighted by Crippen LogP contribution is -2.27. The number of nitrogens with zero attached hydrogens (tertiary/aromatic N) is 3. The first kappa shape index (κ1) is 17.7. The maximum atomic E-state index is 9.32. The standard InChI is InChI=1S/C17H22Cl2N4O/c18-14-2-1-3-15(19)13(14)10-16-21-17(23(22-16)8-9-24)11-4-6-12(20)7-5-11/h1-3,11-12,24H,4-10,20H2. The molecule has 0 atom stereocenters. The van der Waals surface area contributed by atoms with E-state index >= 15 is 0 Å². The fraction of sp³-hybridized carbons (Fsp3) is 0.529. The monoisotopic (exact) mass is 368 g/mol. The van der Waals surface area contributed by atoms with Gasteiger partial charge in [-0.05, 0) is 43.4 Å². The first-order valence-corrected chi connectivity index (χ1v) is 9.07. The lowest BCUT2D eigenvalue weighted by Gasteiger charge is -2.25. The van der Waals surface area contributed by atoms with Gasteiger partial charge in [-0.15, -0.1) is 0 Å². The predicted molar refractivity (Wildman–Crippen MR) is 95.6 cm³/mol.